The molecule has 2 N–H and O–H groups in total. The maximum atomic E-state index is 11.2. The lowest BCUT2D eigenvalue weighted by atomic mass is 9.92. The van der Waals surface area contributed by atoms with E-state index in [1.54, 1.807) is 0 Å². The van der Waals surface area contributed by atoms with Gasteiger partial charge in [-0.1, -0.05) is 160 Å². The SMILES string of the molecule is Oc1c(-c2ccccc2)cc(CCCCCCCCCCc2cc(-c3ccccc3)c(O)c(-c3ccccc3)c2)cc1-c1ccccc1. The normalized spacial score (nSPS) is 11.1. The Bertz CT molecular complexity index is 1600. The van der Waals surface area contributed by atoms with Gasteiger partial charge in [0.2, 0.25) is 0 Å². The Labute approximate surface area is 286 Å². The fourth-order valence-corrected chi connectivity index (χ4v) is 6.75. The average molecular weight is 631 g/mol. The van der Waals surface area contributed by atoms with E-state index in [9.17, 15) is 10.2 Å². The zero-order chi connectivity index (χ0) is 33.0. The third-order valence-corrected chi connectivity index (χ3v) is 9.36. The molecule has 0 heterocycles. The summed E-state index contributed by atoms with van der Waals surface area (Å²) in [5.74, 6) is 0.713. The molecule has 6 rings (SSSR count). The van der Waals surface area contributed by atoms with Crippen molar-refractivity contribution in [3.8, 4) is 56.0 Å². The Morgan fingerprint density at radius 1 is 0.292 bits per heavy atom. The van der Waals surface area contributed by atoms with Crippen molar-refractivity contribution < 1.29 is 10.2 Å². The fourth-order valence-electron chi connectivity index (χ4n) is 6.75. The number of hydrogen-bond acceptors (Lipinski definition) is 2. The largest absolute Gasteiger partial charge is 0.507 e. The molecule has 6 aromatic rings. The van der Waals surface area contributed by atoms with Gasteiger partial charge in [-0.15, -0.1) is 0 Å². The number of benzene rings is 6. The molecule has 2 heteroatoms. The molecule has 0 radical (unpaired) electrons. The van der Waals surface area contributed by atoms with Crippen molar-refractivity contribution in [2.45, 2.75) is 64.2 Å². The van der Waals surface area contributed by atoms with Crippen LogP contribution in [-0.4, -0.2) is 10.2 Å². The van der Waals surface area contributed by atoms with E-state index in [1.807, 2.05) is 72.8 Å². The van der Waals surface area contributed by atoms with Crippen molar-refractivity contribution in [1.29, 1.82) is 0 Å². The van der Waals surface area contributed by atoms with Crippen LogP contribution in [0, 0.1) is 0 Å². The van der Waals surface area contributed by atoms with Crippen molar-refractivity contribution in [3.63, 3.8) is 0 Å². The summed E-state index contributed by atoms with van der Waals surface area (Å²) in [5.41, 5.74) is 10.4. The second-order valence-corrected chi connectivity index (χ2v) is 12.9. The van der Waals surface area contributed by atoms with E-state index in [0.29, 0.717) is 11.5 Å². The minimum Gasteiger partial charge on any atom is -0.507 e. The van der Waals surface area contributed by atoms with Crippen LogP contribution in [0.2, 0.25) is 0 Å². The highest BCUT2D eigenvalue weighted by Crippen LogP contribution is 2.41. The summed E-state index contributed by atoms with van der Waals surface area (Å²) in [6, 6.07) is 49.6. The van der Waals surface area contributed by atoms with E-state index < -0.39 is 0 Å². The molecule has 0 aliphatic rings. The van der Waals surface area contributed by atoms with Gasteiger partial charge in [-0.25, -0.2) is 0 Å². The first-order valence-electron chi connectivity index (χ1n) is 17.6. The van der Waals surface area contributed by atoms with Gasteiger partial charge in [0.15, 0.2) is 0 Å². The minimum atomic E-state index is 0.356. The van der Waals surface area contributed by atoms with Gasteiger partial charge in [0.05, 0.1) is 0 Å². The molecule has 0 aliphatic heterocycles. The number of aryl methyl sites for hydroxylation is 2. The van der Waals surface area contributed by atoms with E-state index >= 15 is 0 Å². The van der Waals surface area contributed by atoms with Gasteiger partial charge >= 0.3 is 0 Å². The Hall–Kier alpha value is -5.08. The number of phenolic OH excluding ortho intramolecular Hbond substituents is 2. The standard InChI is InChI=1S/C46H46O2/c47-45-41(37-23-13-7-14-24-37)31-35(32-42(45)38-25-15-8-16-26-38)21-11-5-3-1-2-4-6-12-22-36-33-43(39-27-17-9-18-28-39)46(48)44(34-36)40-29-19-10-20-30-40/h7-10,13-20,23-34,47-48H,1-6,11-12,21-22H2. The smallest absolute Gasteiger partial charge is 0.131 e. The van der Waals surface area contributed by atoms with E-state index in [4.69, 9.17) is 0 Å². The second-order valence-electron chi connectivity index (χ2n) is 12.9. The zero-order valence-corrected chi connectivity index (χ0v) is 27.8. The van der Waals surface area contributed by atoms with Gasteiger partial charge in [0, 0.05) is 22.3 Å². The van der Waals surface area contributed by atoms with Crippen molar-refractivity contribution in [2.75, 3.05) is 0 Å². The van der Waals surface area contributed by atoms with Crippen LogP contribution < -0.4 is 0 Å². The molecule has 0 bridgehead atoms. The molecule has 6 aromatic carbocycles. The molecular formula is C46H46O2. The molecule has 0 fully saturated rings. The fraction of sp³-hybridized carbons (Fsp3) is 0.217. The predicted molar refractivity (Wildman–Crippen MR) is 202 cm³/mol. The Kier molecular flexibility index (Phi) is 11.4. The molecule has 0 amide bonds. The van der Waals surface area contributed by atoms with Crippen LogP contribution in [-0.2, 0) is 12.8 Å². The van der Waals surface area contributed by atoms with E-state index in [1.165, 1.54) is 49.7 Å². The number of aromatic hydroxyl groups is 2. The van der Waals surface area contributed by atoms with Crippen LogP contribution in [0.15, 0.2) is 146 Å². The maximum absolute atomic E-state index is 11.2. The topological polar surface area (TPSA) is 40.5 Å². The molecule has 48 heavy (non-hydrogen) atoms. The molecule has 2 nitrogen and oxygen atoms in total. The number of hydrogen-bond donors (Lipinski definition) is 2. The Balaban J connectivity index is 0.977. The Morgan fingerprint density at radius 3 is 0.771 bits per heavy atom. The third-order valence-electron chi connectivity index (χ3n) is 9.36. The van der Waals surface area contributed by atoms with Crippen LogP contribution in [0.3, 0.4) is 0 Å². The van der Waals surface area contributed by atoms with Crippen LogP contribution in [0.25, 0.3) is 44.5 Å². The highest BCUT2D eigenvalue weighted by atomic mass is 16.3. The number of rotatable bonds is 15. The van der Waals surface area contributed by atoms with Gasteiger partial charge in [-0.2, -0.15) is 0 Å². The lowest BCUT2D eigenvalue weighted by Crippen LogP contribution is -1.92. The summed E-state index contributed by atoms with van der Waals surface area (Å²) in [7, 11) is 0. The first kappa shape index (κ1) is 32.8. The number of phenols is 2. The van der Waals surface area contributed by atoms with Crippen molar-refractivity contribution in [3.05, 3.63) is 157 Å². The molecule has 0 saturated heterocycles. The van der Waals surface area contributed by atoms with Gasteiger partial charge in [0.25, 0.3) is 0 Å². The summed E-state index contributed by atoms with van der Waals surface area (Å²) in [4.78, 5) is 0. The number of unbranched alkanes of at least 4 members (excludes halogenated alkanes) is 7. The highest BCUT2D eigenvalue weighted by Gasteiger charge is 2.15. The lowest BCUT2D eigenvalue weighted by Gasteiger charge is -2.14. The highest BCUT2D eigenvalue weighted by molar-refractivity contribution is 5.84. The molecule has 0 unspecified atom stereocenters. The zero-order valence-electron chi connectivity index (χ0n) is 27.8. The first-order valence-corrected chi connectivity index (χ1v) is 17.6. The van der Waals surface area contributed by atoms with Crippen molar-refractivity contribution in [2.24, 2.45) is 0 Å². The molecule has 0 aliphatic carbocycles. The summed E-state index contributed by atoms with van der Waals surface area (Å²) in [5, 5.41) is 22.5. The first-order chi connectivity index (χ1) is 23.7. The molecule has 242 valence electrons. The monoisotopic (exact) mass is 630 g/mol. The van der Waals surface area contributed by atoms with Gasteiger partial charge in [-0.3, -0.25) is 0 Å². The summed E-state index contributed by atoms with van der Waals surface area (Å²) in [6.45, 7) is 0. The van der Waals surface area contributed by atoms with Gasteiger partial charge in [0.1, 0.15) is 11.5 Å². The maximum Gasteiger partial charge on any atom is 0.131 e. The molecule has 0 spiro atoms. The van der Waals surface area contributed by atoms with Crippen molar-refractivity contribution in [1.82, 2.24) is 0 Å². The van der Waals surface area contributed by atoms with E-state index in [2.05, 4.69) is 72.8 Å². The summed E-state index contributed by atoms with van der Waals surface area (Å²) < 4.78 is 0. The minimum absolute atomic E-state index is 0.356. The quantitative estimate of drug-likeness (QED) is 0.111. The molecule has 0 aromatic heterocycles. The van der Waals surface area contributed by atoms with Crippen LogP contribution >= 0.6 is 0 Å². The van der Waals surface area contributed by atoms with Crippen molar-refractivity contribution >= 4 is 0 Å². The van der Waals surface area contributed by atoms with Gasteiger partial charge in [-0.05, 0) is 83.3 Å². The van der Waals surface area contributed by atoms with Gasteiger partial charge < -0.3 is 10.2 Å². The third kappa shape index (κ3) is 8.44. The molecule has 0 saturated carbocycles. The van der Waals surface area contributed by atoms with E-state index in [-0.39, 0.29) is 0 Å². The lowest BCUT2D eigenvalue weighted by molar-refractivity contribution is 0.478. The van der Waals surface area contributed by atoms with Crippen LogP contribution in [0.4, 0.5) is 0 Å². The van der Waals surface area contributed by atoms with Crippen LogP contribution in [0.1, 0.15) is 62.5 Å². The predicted octanol–water partition coefficient (Wildman–Crippen LogP) is 12.7. The average Bonchev–Trinajstić information content (AvgIpc) is 3.14. The van der Waals surface area contributed by atoms with Crippen LogP contribution in [0.5, 0.6) is 11.5 Å². The summed E-state index contributed by atoms with van der Waals surface area (Å²) in [6.07, 6.45) is 11.8. The second kappa shape index (κ2) is 16.7. The molecule has 0 atom stereocenters. The summed E-state index contributed by atoms with van der Waals surface area (Å²) >= 11 is 0. The molecular weight excluding hydrogens is 585 g/mol. The Morgan fingerprint density at radius 2 is 0.521 bits per heavy atom. The van der Waals surface area contributed by atoms with E-state index in [0.717, 1.165) is 70.2 Å².